The molecule has 1 aliphatic heterocycles. The van der Waals surface area contributed by atoms with Crippen molar-refractivity contribution < 1.29 is 14.3 Å². The minimum Gasteiger partial charge on any atom is -0.467 e. The van der Waals surface area contributed by atoms with Crippen molar-refractivity contribution >= 4 is 11.8 Å². The quantitative estimate of drug-likeness (QED) is 0.862. The van der Waals surface area contributed by atoms with E-state index in [1.807, 2.05) is 36.4 Å². The Morgan fingerprint density at radius 2 is 2.07 bits per heavy atom. The van der Waals surface area contributed by atoms with E-state index in [1.165, 1.54) is 0 Å². The summed E-state index contributed by atoms with van der Waals surface area (Å²) in [5.74, 6) is 0.962. The molecule has 2 heterocycles. The lowest BCUT2D eigenvalue weighted by molar-refractivity contribution is -0.146. The van der Waals surface area contributed by atoms with Crippen molar-refractivity contribution in [2.24, 2.45) is 17.8 Å². The molecule has 2 aromatic rings. The normalized spacial score (nSPS) is 30.3. The summed E-state index contributed by atoms with van der Waals surface area (Å²) in [7, 11) is 0. The molecule has 28 heavy (non-hydrogen) atoms. The Balaban J connectivity index is 1.30. The number of ether oxygens (including phenoxy) is 1. The van der Waals surface area contributed by atoms with Crippen molar-refractivity contribution in [1.29, 1.82) is 0 Å². The summed E-state index contributed by atoms with van der Waals surface area (Å²) < 4.78 is 6.35. The van der Waals surface area contributed by atoms with Gasteiger partial charge < -0.3 is 15.4 Å². The lowest BCUT2D eigenvalue weighted by Crippen LogP contribution is -2.66. The second-order valence-electron chi connectivity index (χ2n) is 8.06. The van der Waals surface area contributed by atoms with Crippen LogP contribution in [0.4, 0.5) is 0 Å². The van der Waals surface area contributed by atoms with Gasteiger partial charge in [-0.15, -0.1) is 0 Å². The van der Waals surface area contributed by atoms with Gasteiger partial charge in [0, 0.05) is 24.5 Å². The molecule has 2 amide bonds. The van der Waals surface area contributed by atoms with Gasteiger partial charge in [0.1, 0.15) is 5.75 Å². The molecule has 6 nitrogen and oxygen atoms in total. The molecule has 2 N–H and O–H groups in total. The van der Waals surface area contributed by atoms with Crippen LogP contribution >= 0.6 is 0 Å². The van der Waals surface area contributed by atoms with Gasteiger partial charge in [-0.05, 0) is 49.4 Å². The molecule has 6 heteroatoms. The van der Waals surface area contributed by atoms with Crippen molar-refractivity contribution in [3.8, 4) is 5.75 Å². The van der Waals surface area contributed by atoms with E-state index in [0.717, 1.165) is 25.0 Å². The molecule has 4 aliphatic rings. The summed E-state index contributed by atoms with van der Waals surface area (Å²) in [5, 5.41) is 6.17. The van der Waals surface area contributed by atoms with E-state index in [4.69, 9.17) is 4.74 Å². The fourth-order valence-corrected chi connectivity index (χ4v) is 5.09. The minimum absolute atomic E-state index is 0.0363. The van der Waals surface area contributed by atoms with Gasteiger partial charge in [-0.1, -0.05) is 18.2 Å². The van der Waals surface area contributed by atoms with E-state index in [9.17, 15) is 9.59 Å². The summed E-state index contributed by atoms with van der Waals surface area (Å²) in [4.78, 5) is 29.7. The second kappa shape index (κ2) is 6.62. The highest BCUT2D eigenvalue weighted by molar-refractivity contribution is 5.98. The molecule has 4 atom stereocenters. The predicted octanol–water partition coefficient (Wildman–Crippen LogP) is 2.65. The standard InChI is InChI=1S/C22H23N3O3/c26-20(24-13-16-5-3-4-10-23-16)18-11-15-9-8-14(18)12-22(15)25-21(27)17-6-1-2-7-19(17)28-22/h1-7,10,14-15,18H,8-9,11-13H2,(H,24,26)(H,25,27)/t14-,15-,18+,22-/m1/s1. The zero-order chi connectivity index (χ0) is 19.1. The van der Waals surface area contributed by atoms with E-state index in [0.29, 0.717) is 24.3 Å². The minimum atomic E-state index is -0.674. The third-order valence-electron chi connectivity index (χ3n) is 6.47. The molecule has 144 valence electrons. The van der Waals surface area contributed by atoms with Gasteiger partial charge in [-0.25, -0.2) is 0 Å². The lowest BCUT2D eigenvalue weighted by atomic mass is 9.60. The maximum Gasteiger partial charge on any atom is 0.258 e. The Bertz CT molecular complexity index is 916. The molecule has 0 unspecified atom stereocenters. The number of rotatable bonds is 3. The summed E-state index contributed by atoms with van der Waals surface area (Å²) in [5.41, 5.74) is 0.763. The van der Waals surface area contributed by atoms with Crippen LogP contribution in [0.1, 0.15) is 41.7 Å². The van der Waals surface area contributed by atoms with Gasteiger partial charge in [-0.2, -0.15) is 0 Å². The molecule has 3 fully saturated rings. The van der Waals surface area contributed by atoms with Crippen LogP contribution in [0.25, 0.3) is 0 Å². The van der Waals surface area contributed by atoms with E-state index >= 15 is 0 Å². The number of amides is 2. The number of pyridine rings is 1. The summed E-state index contributed by atoms with van der Waals surface area (Å²) in [6.45, 7) is 0.444. The van der Waals surface area contributed by atoms with Crippen LogP contribution in [0, 0.1) is 17.8 Å². The van der Waals surface area contributed by atoms with E-state index < -0.39 is 5.72 Å². The molecular weight excluding hydrogens is 354 g/mol. The van der Waals surface area contributed by atoms with Crippen LogP contribution in [0.3, 0.4) is 0 Å². The Kier molecular flexibility index (Phi) is 4.07. The van der Waals surface area contributed by atoms with Gasteiger partial charge in [0.2, 0.25) is 5.91 Å². The molecule has 6 rings (SSSR count). The van der Waals surface area contributed by atoms with Gasteiger partial charge in [-0.3, -0.25) is 14.6 Å². The number of hydrogen-bond donors (Lipinski definition) is 2. The fraction of sp³-hybridized carbons (Fsp3) is 0.409. The monoisotopic (exact) mass is 377 g/mol. The van der Waals surface area contributed by atoms with Crippen LogP contribution in [0.15, 0.2) is 48.7 Å². The molecule has 2 bridgehead atoms. The number of hydrogen-bond acceptors (Lipinski definition) is 4. The zero-order valence-electron chi connectivity index (χ0n) is 15.6. The Morgan fingerprint density at radius 3 is 2.86 bits per heavy atom. The zero-order valence-corrected chi connectivity index (χ0v) is 15.6. The lowest BCUT2D eigenvalue weighted by Gasteiger charge is -2.55. The van der Waals surface area contributed by atoms with Crippen molar-refractivity contribution in [2.75, 3.05) is 0 Å². The largest absolute Gasteiger partial charge is 0.467 e. The van der Waals surface area contributed by atoms with E-state index in [1.54, 1.807) is 12.3 Å². The van der Waals surface area contributed by atoms with Crippen LogP contribution in [0.2, 0.25) is 0 Å². The number of nitrogens with zero attached hydrogens (tertiary/aromatic N) is 1. The molecule has 0 radical (unpaired) electrons. The van der Waals surface area contributed by atoms with Gasteiger partial charge >= 0.3 is 0 Å². The molecule has 1 spiro atoms. The van der Waals surface area contributed by atoms with Crippen LogP contribution in [0.5, 0.6) is 5.75 Å². The summed E-state index contributed by atoms with van der Waals surface area (Å²) in [6, 6.07) is 13.1. The highest BCUT2D eigenvalue weighted by Crippen LogP contribution is 2.52. The number of aromatic nitrogens is 1. The number of para-hydroxylation sites is 1. The van der Waals surface area contributed by atoms with Gasteiger partial charge in [0.05, 0.1) is 17.8 Å². The number of nitrogens with one attached hydrogen (secondary N) is 2. The molecular formula is C22H23N3O3. The maximum absolute atomic E-state index is 12.8. The fourth-order valence-electron chi connectivity index (χ4n) is 5.09. The first-order valence-electron chi connectivity index (χ1n) is 9.93. The number of fused-ring (bicyclic) bond motifs is 3. The summed E-state index contributed by atoms with van der Waals surface area (Å²) in [6.07, 6.45) is 5.11. The molecule has 1 aromatic heterocycles. The predicted molar refractivity (Wildman–Crippen MR) is 102 cm³/mol. The van der Waals surface area contributed by atoms with Crippen LogP contribution in [-0.4, -0.2) is 22.5 Å². The first kappa shape index (κ1) is 17.2. The van der Waals surface area contributed by atoms with Crippen LogP contribution < -0.4 is 15.4 Å². The third kappa shape index (κ3) is 2.84. The highest BCUT2D eigenvalue weighted by Gasteiger charge is 2.57. The Labute approximate surface area is 163 Å². The maximum atomic E-state index is 12.8. The van der Waals surface area contributed by atoms with Crippen molar-refractivity contribution in [2.45, 2.75) is 38.0 Å². The molecule has 3 aliphatic carbocycles. The van der Waals surface area contributed by atoms with Crippen molar-refractivity contribution in [1.82, 2.24) is 15.6 Å². The topological polar surface area (TPSA) is 80.3 Å². The summed E-state index contributed by atoms with van der Waals surface area (Å²) >= 11 is 0. The SMILES string of the molecule is O=C1N[C@]2(C[C@H]3CC[C@@H]2C[C@@H]3C(=O)NCc2ccccn2)Oc2ccccc21. The third-order valence-corrected chi connectivity index (χ3v) is 6.47. The average molecular weight is 377 g/mol. The number of carbonyl (C=O) groups excluding carboxylic acids is 2. The highest BCUT2D eigenvalue weighted by atomic mass is 16.5. The second-order valence-corrected chi connectivity index (χ2v) is 8.06. The van der Waals surface area contributed by atoms with E-state index in [2.05, 4.69) is 15.6 Å². The molecule has 0 saturated heterocycles. The number of benzene rings is 1. The Hall–Kier alpha value is -2.89. The molecule has 1 aromatic carbocycles. The van der Waals surface area contributed by atoms with Gasteiger partial charge in [0.15, 0.2) is 5.72 Å². The van der Waals surface area contributed by atoms with Crippen LogP contribution in [-0.2, 0) is 11.3 Å². The van der Waals surface area contributed by atoms with Gasteiger partial charge in [0.25, 0.3) is 5.91 Å². The van der Waals surface area contributed by atoms with Crippen molar-refractivity contribution in [3.05, 3.63) is 59.9 Å². The van der Waals surface area contributed by atoms with Crippen molar-refractivity contribution in [3.63, 3.8) is 0 Å². The average Bonchev–Trinajstić information content (AvgIpc) is 2.73. The molecule has 3 saturated carbocycles. The van der Waals surface area contributed by atoms with E-state index in [-0.39, 0.29) is 29.6 Å². The first-order chi connectivity index (χ1) is 13.6. The smallest absolute Gasteiger partial charge is 0.258 e. The Morgan fingerprint density at radius 1 is 1.21 bits per heavy atom. The number of carbonyl (C=O) groups is 2. The first-order valence-corrected chi connectivity index (χ1v) is 9.93.